The van der Waals surface area contributed by atoms with Crippen molar-refractivity contribution >= 4 is 17.9 Å². The minimum absolute atomic E-state index is 0.336. The van der Waals surface area contributed by atoms with E-state index in [2.05, 4.69) is 0 Å². The van der Waals surface area contributed by atoms with Crippen LogP contribution >= 0.6 is 11.8 Å². The lowest BCUT2D eigenvalue weighted by atomic mass is 10.3. The molecular weight excluding hydrogens is 198 g/mol. The van der Waals surface area contributed by atoms with Gasteiger partial charge in [0.2, 0.25) is 0 Å². The van der Waals surface area contributed by atoms with E-state index in [-0.39, 0.29) is 6.09 Å². The van der Waals surface area contributed by atoms with E-state index >= 15 is 0 Å². The number of thioether (sulfide) groups is 1. The van der Waals surface area contributed by atoms with E-state index in [9.17, 15) is 4.79 Å². The molecule has 1 heterocycles. The zero-order valence-electron chi connectivity index (χ0n) is 7.42. The molecular formula is C10H9NO2S. The number of hydrogen-bond donors (Lipinski definition) is 0. The van der Waals surface area contributed by atoms with Gasteiger partial charge in [0.1, 0.15) is 5.75 Å². The van der Waals surface area contributed by atoms with Crippen LogP contribution in [0.15, 0.2) is 41.9 Å². The number of hydrogen-bond acceptors (Lipinski definition) is 3. The molecule has 0 bridgehead atoms. The number of carbonyl (C=O) groups is 1. The predicted molar refractivity (Wildman–Crippen MR) is 55.9 cm³/mol. The van der Waals surface area contributed by atoms with Crippen LogP contribution in [0.1, 0.15) is 0 Å². The summed E-state index contributed by atoms with van der Waals surface area (Å²) in [4.78, 5) is 13.0. The molecule has 1 aromatic rings. The summed E-state index contributed by atoms with van der Waals surface area (Å²) < 4.78 is 5.12. The molecule has 72 valence electrons. The van der Waals surface area contributed by atoms with Crippen LogP contribution in [0.25, 0.3) is 0 Å². The zero-order chi connectivity index (χ0) is 9.80. The number of carbonyl (C=O) groups excluding carboxylic acids is 1. The normalized spacial score (nSPS) is 14.4. The van der Waals surface area contributed by atoms with Crippen molar-refractivity contribution in [3.05, 3.63) is 41.9 Å². The number of benzene rings is 1. The molecule has 0 unspecified atom stereocenters. The smallest absolute Gasteiger partial charge is 0.410 e. The van der Waals surface area contributed by atoms with Crippen LogP contribution in [0.4, 0.5) is 4.79 Å². The lowest BCUT2D eigenvalue weighted by Gasteiger charge is -2.11. The SMILES string of the molecule is O=C(Oc1ccccc1)N1C=CSC1. The van der Waals surface area contributed by atoms with E-state index in [1.807, 2.05) is 23.6 Å². The summed E-state index contributed by atoms with van der Waals surface area (Å²) in [6, 6.07) is 9.05. The molecule has 1 amide bonds. The van der Waals surface area contributed by atoms with Crippen molar-refractivity contribution in [2.45, 2.75) is 0 Å². The third-order valence-electron chi connectivity index (χ3n) is 1.73. The molecule has 1 aliphatic heterocycles. The topological polar surface area (TPSA) is 29.5 Å². The van der Waals surface area contributed by atoms with Crippen molar-refractivity contribution < 1.29 is 9.53 Å². The van der Waals surface area contributed by atoms with Crippen LogP contribution in [0, 0.1) is 0 Å². The van der Waals surface area contributed by atoms with Gasteiger partial charge >= 0.3 is 6.09 Å². The molecule has 1 aliphatic rings. The first-order valence-electron chi connectivity index (χ1n) is 4.18. The Morgan fingerprint density at radius 3 is 2.79 bits per heavy atom. The highest BCUT2D eigenvalue weighted by Gasteiger charge is 2.15. The molecule has 0 radical (unpaired) electrons. The van der Waals surface area contributed by atoms with E-state index in [1.165, 1.54) is 4.90 Å². The largest absolute Gasteiger partial charge is 0.420 e. The number of nitrogens with zero attached hydrogens (tertiary/aromatic N) is 1. The number of para-hydroxylation sites is 1. The molecule has 14 heavy (non-hydrogen) atoms. The molecule has 2 rings (SSSR count). The molecule has 0 saturated heterocycles. The van der Waals surface area contributed by atoms with Gasteiger partial charge < -0.3 is 4.74 Å². The minimum Gasteiger partial charge on any atom is -0.410 e. The van der Waals surface area contributed by atoms with E-state index in [0.717, 1.165) is 0 Å². The van der Waals surface area contributed by atoms with Gasteiger partial charge in [-0.25, -0.2) is 4.79 Å². The molecule has 1 aromatic carbocycles. The Hall–Kier alpha value is -1.42. The highest BCUT2D eigenvalue weighted by Crippen LogP contribution is 2.17. The summed E-state index contributed by atoms with van der Waals surface area (Å²) >= 11 is 1.57. The standard InChI is InChI=1S/C10H9NO2S/c12-10(11-6-7-14-8-11)13-9-4-2-1-3-5-9/h1-7H,8H2. The Kier molecular flexibility index (Phi) is 2.74. The highest BCUT2D eigenvalue weighted by molar-refractivity contribution is 8.02. The quantitative estimate of drug-likeness (QED) is 0.709. The predicted octanol–water partition coefficient (Wildman–Crippen LogP) is 2.66. The molecule has 0 saturated carbocycles. The van der Waals surface area contributed by atoms with Crippen molar-refractivity contribution in [3.63, 3.8) is 0 Å². The second-order valence-corrected chi connectivity index (χ2v) is 3.60. The fraction of sp³-hybridized carbons (Fsp3) is 0.100. The maximum absolute atomic E-state index is 11.5. The summed E-state index contributed by atoms with van der Waals surface area (Å²) in [5.41, 5.74) is 0. The average Bonchev–Trinajstić information content (AvgIpc) is 2.72. The Morgan fingerprint density at radius 2 is 2.14 bits per heavy atom. The van der Waals surface area contributed by atoms with Gasteiger partial charge in [0.25, 0.3) is 0 Å². The van der Waals surface area contributed by atoms with Gasteiger partial charge in [0.05, 0.1) is 5.88 Å². The van der Waals surface area contributed by atoms with E-state index in [4.69, 9.17) is 4.74 Å². The molecule has 0 atom stereocenters. The first-order chi connectivity index (χ1) is 6.86. The van der Waals surface area contributed by atoms with Gasteiger partial charge in [-0.05, 0) is 17.5 Å². The van der Waals surface area contributed by atoms with Crippen molar-refractivity contribution in [2.24, 2.45) is 0 Å². The first-order valence-corrected chi connectivity index (χ1v) is 5.23. The van der Waals surface area contributed by atoms with E-state index in [1.54, 1.807) is 30.1 Å². The van der Waals surface area contributed by atoms with E-state index in [0.29, 0.717) is 11.6 Å². The second-order valence-electron chi connectivity index (χ2n) is 2.73. The van der Waals surface area contributed by atoms with E-state index < -0.39 is 0 Å². The average molecular weight is 207 g/mol. The van der Waals surface area contributed by atoms with Gasteiger partial charge in [-0.15, -0.1) is 11.8 Å². The Morgan fingerprint density at radius 1 is 1.36 bits per heavy atom. The summed E-state index contributed by atoms with van der Waals surface area (Å²) in [6.07, 6.45) is 1.38. The van der Waals surface area contributed by atoms with Gasteiger partial charge in [0.15, 0.2) is 0 Å². The maximum atomic E-state index is 11.5. The van der Waals surface area contributed by atoms with Crippen LogP contribution in [-0.4, -0.2) is 16.9 Å². The van der Waals surface area contributed by atoms with Crippen LogP contribution < -0.4 is 4.74 Å². The second kappa shape index (κ2) is 4.19. The fourth-order valence-electron chi connectivity index (χ4n) is 1.04. The lowest BCUT2D eigenvalue weighted by molar-refractivity contribution is 0.176. The Bertz CT molecular complexity index is 350. The van der Waals surface area contributed by atoms with Crippen LogP contribution in [0.5, 0.6) is 5.75 Å². The number of amides is 1. The lowest BCUT2D eigenvalue weighted by Crippen LogP contribution is -2.26. The fourth-order valence-corrected chi connectivity index (χ4v) is 1.72. The van der Waals surface area contributed by atoms with Crippen LogP contribution in [0.2, 0.25) is 0 Å². The van der Waals surface area contributed by atoms with Gasteiger partial charge in [-0.1, -0.05) is 18.2 Å². The Balaban J connectivity index is 1.98. The zero-order valence-corrected chi connectivity index (χ0v) is 8.24. The number of ether oxygens (including phenoxy) is 1. The molecule has 3 nitrogen and oxygen atoms in total. The number of rotatable bonds is 1. The van der Waals surface area contributed by atoms with Crippen LogP contribution in [-0.2, 0) is 0 Å². The molecule has 4 heteroatoms. The van der Waals surface area contributed by atoms with Gasteiger partial charge in [-0.2, -0.15) is 0 Å². The Labute approximate surface area is 86.4 Å². The summed E-state index contributed by atoms with van der Waals surface area (Å²) in [5, 5.41) is 1.87. The maximum Gasteiger partial charge on any atom is 0.420 e. The minimum atomic E-state index is -0.336. The van der Waals surface area contributed by atoms with Crippen molar-refractivity contribution in [1.82, 2.24) is 4.90 Å². The van der Waals surface area contributed by atoms with Gasteiger partial charge in [0, 0.05) is 6.20 Å². The third kappa shape index (κ3) is 2.09. The van der Waals surface area contributed by atoms with Crippen molar-refractivity contribution in [2.75, 3.05) is 5.88 Å². The summed E-state index contributed by atoms with van der Waals surface area (Å²) in [6.45, 7) is 0. The summed E-state index contributed by atoms with van der Waals surface area (Å²) in [5.74, 6) is 1.20. The first kappa shape index (κ1) is 9.15. The monoisotopic (exact) mass is 207 g/mol. The molecule has 0 aliphatic carbocycles. The molecule has 0 spiro atoms. The summed E-state index contributed by atoms with van der Waals surface area (Å²) in [7, 11) is 0. The van der Waals surface area contributed by atoms with Crippen molar-refractivity contribution in [1.29, 1.82) is 0 Å². The van der Waals surface area contributed by atoms with Gasteiger partial charge in [-0.3, -0.25) is 4.90 Å². The highest BCUT2D eigenvalue weighted by atomic mass is 32.2. The molecule has 0 aromatic heterocycles. The molecule has 0 N–H and O–H groups in total. The molecule has 0 fully saturated rings. The van der Waals surface area contributed by atoms with Crippen LogP contribution in [0.3, 0.4) is 0 Å². The third-order valence-corrected chi connectivity index (χ3v) is 2.47. The van der Waals surface area contributed by atoms with Crippen molar-refractivity contribution in [3.8, 4) is 5.75 Å².